The molecule has 0 spiro atoms. The summed E-state index contributed by atoms with van der Waals surface area (Å²) in [6, 6.07) is 0.277. The average molecular weight is 241 g/mol. The Morgan fingerprint density at radius 1 is 1.50 bits per heavy atom. The molecule has 2 heterocycles. The number of piperidine rings is 1. The summed E-state index contributed by atoms with van der Waals surface area (Å²) in [6.45, 7) is 5.41. The van der Waals surface area contributed by atoms with Crippen molar-refractivity contribution in [1.29, 1.82) is 0 Å². The molecule has 0 radical (unpaired) electrons. The van der Waals surface area contributed by atoms with Gasteiger partial charge < -0.3 is 9.84 Å². The van der Waals surface area contributed by atoms with Gasteiger partial charge in [0.2, 0.25) is 5.89 Å². The summed E-state index contributed by atoms with van der Waals surface area (Å²) in [7, 11) is 0. The number of nitrogens with one attached hydrogen (secondary N) is 1. The predicted octanol–water partition coefficient (Wildman–Crippen LogP) is 2.53. The lowest BCUT2D eigenvalue weighted by atomic mass is 10.1. The summed E-state index contributed by atoms with van der Waals surface area (Å²) in [5.74, 6) is 2.42. The zero-order valence-corrected chi connectivity index (χ0v) is 10.7. The lowest BCUT2D eigenvalue weighted by Crippen LogP contribution is -2.26. The predicted molar refractivity (Wildman–Crippen MR) is 65.3 cm³/mol. The normalized spacial score (nSPS) is 21.6. The Morgan fingerprint density at radius 3 is 3.06 bits per heavy atom. The molecule has 0 amide bonds. The van der Waals surface area contributed by atoms with Crippen LogP contribution in [0.4, 0.5) is 0 Å². The second kappa shape index (κ2) is 5.68. The van der Waals surface area contributed by atoms with Crippen LogP contribution in [0.5, 0.6) is 0 Å². The second-order valence-corrected chi connectivity index (χ2v) is 5.98. The lowest BCUT2D eigenvalue weighted by Gasteiger charge is -2.19. The van der Waals surface area contributed by atoms with E-state index >= 15 is 0 Å². The maximum absolute atomic E-state index is 5.30. The highest BCUT2D eigenvalue weighted by Crippen LogP contribution is 2.22. The van der Waals surface area contributed by atoms with Crippen molar-refractivity contribution in [3.8, 4) is 0 Å². The van der Waals surface area contributed by atoms with Crippen LogP contribution in [0.1, 0.15) is 50.9 Å². The fourth-order valence-corrected chi connectivity index (χ4v) is 2.37. The Kier molecular flexibility index (Phi) is 4.23. The lowest BCUT2D eigenvalue weighted by molar-refractivity contribution is 0.296. The van der Waals surface area contributed by atoms with E-state index in [1.165, 1.54) is 12.8 Å². The van der Waals surface area contributed by atoms with Crippen molar-refractivity contribution in [2.75, 3.05) is 6.54 Å². The highest BCUT2D eigenvalue weighted by Gasteiger charge is 2.20. The van der Waals surface area contributed by atoms with Crippen LogP contribution in [0.3, 0.4) is 0 Å². The van der Waals surface area contributed by atoms with Crippen LogP contribution in [0, 0.1) is 0 Å². The van der Waals surface area contributed by atoms with Gasteiger partial charge in [0, 0.05) is 0 Å². The van der Waals surface area contributed by atoms with Gasteiger partial charge in [0.25, 0.3) is 0 Å². The SMILES string of the molecule is CC(C)SCc1noc([C@@H]2CCCCN2)n1. The molecule has 90 valence electrons. The number of thioether (sulfide) groups is 1. The summed E-state index contributed by atoms with van der Waals surface area (Å²) >= 11 is 1.84. The fourth-order valence-electron chi connectivity index (χ4n) is 1.77. The number of rotatable bonds is 4. The molecule has 1 fully saturated rings. The third kappa shape index (κ3) is 3.22. The second-order valence-electron chi connectivity index (χ2n) is 4.41. The summed E-state index contributed by atoms with van der Waals surface area (Å²) < 4.78 is 5.30. The first-order valence-electron chi connectivity index (χ1n) is 5.93. The van der Waals surface area contributed by atoms with E-state index in [1.807, 2.05) is 11.8 Å². The van der Waals surface area contributed by atoms with Gasteiger partial charge in [-0.25, -0.2) is 0 Å². The Balaban J connectivity index is 1.90. The number of nitrogens with zero attached hydrogens (tertiary/aromatic N) is 2. The van der Waals surface area contributed by atoms with E-state index in [0.717, 1.165) is 30.4 Å². The van der Waals surface area contributed by atoms with Crippen LogP contribution < -0.4 is 5.32 Å². The van der Waals surface area contributed by atoms with E-state index in [2.05, 4.69) is 29.3 Å². The topological polar surface area (TPSA) is 51.0 Å². The van der Waals surface area contributed by atoms with Gasteiger partial charge in [-0.2, -0.15) is 16.7 Å². The Morgan fingerprint density at radius 2 is 2.38 bits per heavy atom. The van der Waals surface area contributed by atoms with E-state index in [9.17, 15) is 0 Å². The van der Waals surface area contributed by atoms with Gasteiger partial charge in [-0.05, 0) is 24.6 Å². The highest BCUT2D eigenvalue weighted by molar-refractivity contribution is 7.99. The number of hydrogen-bond acceptors (Lipinski definition) is 5. The van der Waals surface area contributed by atoms with Crippen molar-refractivity contribution in [1.82, 2.24) is 15.5 Å². The molecule has 1 N–H and O–H groups in total. The minimum atomic E-state index is 0.277. The molecule has 0 aliphatic carbocycles. The smallest absolute Gasteiger partial charge is 0.243 e. The maximum Gasteiger partial charge on any atom is 0.243 e. The van der Waals surface area contributed by atoms with Gasteiger partial charge >= 0.3 is 0 Å². The third-order valence-electron chi connectivity index (χ3n) is 2.64. The molecule has 0 saturated carbocycles. The molecule has 0 unspecified atom stereocenters. The first-order valence-corrected chi connectivity index (χ1v) is 6.98. The van der Waals surface area contributed by atoms with Gasteiger partial charge in [0.1, 0.15) is 0 Å². The van der Waals surface area contributed by atoms with Crippen LogP contribution in [0.25, 0.3) is 0 Å². The summed E-state index contributed by atoms with van der Waals surface area (Å²) in [5.41, 5.74) is 0. The highest BCUT2D eigenvalue weighted by atomic mass is 32.2. The largest absolute Gasteiger partial charge is 0.338 e. The Labute approximate surface area is 101 Å². The van der Waals surface area contributed by atoms with Gasteiger partial charge in [0.05, 0.1) is 11.8 Å². The van der Waals surface area contributed by atoms with Crippen LogP contribution in [-0.4, -0.2) is 21.9 Å². The average Bonchev–Trinajstić information content (AvgIpc) is 2.76. The van der Waals surface area contributed by atoms with Gasteiger partial charge in [-0.15, -0.1) is 0 Å². The molecule has 2 rings (SSSR count). The van der Waals surface area contributed by atoms with Crippen molar-refractivity contribution in [2.45, 2.75) is 50.2 Å². The molecular formula is C11H19N3OS. The van der Waals surface area contributed by atoms with Gasteiger partial charge in [-0.3, -0.25) is 0 Å². The summed E-state index contributed by atoms with van der Waals surface area (Å²) in [4.78, 5) is 4.44. The molecule has 1 aliphatic heterocycles. The molecule has 1 aliphatic rings. The first-order chi connectivity index (χ1) is 7.75. The zero-order chi connectivity index (χ0) is 11.4. The van der Waals surface area contributed by atoms with Crippen molar-refractivity contribution in [3.63, 3.8) is 0 Å². The van der Waals surface area contributed by atoms with E-state index < -0.39 is 0 Å². The molecule has 16 heavy (non-hydrogen) atoms. The fraction of sp³-hybridized carbons (Fsp3) is 0.818. The van der Waals surface area contributed by atoms with Crippen LogP contribution >= 0.6 is 11.8 Å². The minimum absolute atomic E-state index is 0.277. The standard InChI is InChI=1S/C11H19N3OS/c1-8(2)16-7-10-13-11(15-14-10)9-5-3-4-6-12-9/h8-9,12H,3-7H2,1-2H3/t9-/m0/s1. The van der Waals surface area contributed by atoms with E-state index in [-0.39, 0.29) is 6.04 Å². The molecule has 5 heteroatoms. The maximum atomic E-state index is 5.30. The molecular weight excluding hydrogens is 222 g/mol. The number of aromatic nitrogens is 2. The van der Waals surface area contributed by atoms with Crippen molar-refractivity contribution in [2.24, 2.45) is 0 Å². The molecule has 0 bridgehead atoms. The molecule has 1 aromatic heterocycles. The van der Waals surface area contributed by atoms with E-state index in [4.69, 9.17) is 4.52 Å². The van der Waals surface area contributed by atoms with Crippen molar-refractivity contribution in [3.05, 3.63) is 11.7 Å². The Hall–Kier alpha value is -0.550. The van der Waals surface area contributed by atoms with Crippen LogP contribution in [0.2, 0.25) is 0 Å². The minimum Gasteiger partial charge on any atom is -0.338 e. The van der Waals surface area contributed by atoms with Gasteiger partial charge in [0.15, 0.2) is 5.82 Å². The van der Waals surface area contributed by atoms with E-state index in [0.29, 0.717) is 5.25 Å². The molecule has 1 atom stereocenters. The van der Waals surface area contributed by atoms with Crippen molar-refractivity contribution < 1.29 is 4.52 Å². The van der Waals surface area contributed by atoms with E-state index in [1.54, 1.807) is 0 Å². The van der Waals surface area contributed by atoms with Gasteiger partial charge in [-0.1, -0.05) is 25.4 Å². The van der Waals surface area contributed by atoms with Crippen LogP contribution in [-0.2, 0) is 5.75 Å². The first kappa shape index (κ1) is 11.9. The number of hydrogen-bond donors (Lipinski definition) is 1. The third-order valence-corrected chi connectivity index (χ3v) is 3.73. The monoisotopic (exact) mass is 241 g/mol. The van der Waals surface area contributed by atoms with Crippen LogP contribution in [0.15, 0.2) is 4.52 Å². The van der Waals surface area contributed by atoms with Crippen molar-refractivity contribution >= 4 is 11.8 Å². The quantitative estimate of drug-likeness (QED) is 0.878. The summed E-state index contributed by atoms with van der Waals surface area (Å²) in [6.07, 6.45) is 3.61. The molecule has 1 saturated heterocycles. The molecule has 0 aromatic carbocycles. The molecule has 1 aromatic rings. The summed E-state index contributed by atoms with van der Waals surface area (Å²) in [5, 5.41) is 8.03. The molecule has 4 nitrogen and oxygen atoms in total. The Bertz CT molecular complexity index is 321. The zero-order valence-electron chi connectivity index (χ0n) is 9.90.